The largest absolute Gasteiger partial charge is 0.365 e. The second-order valence-electron chi connectivity index (χ2n) is 5.20. The van der Waals surface area contributed by atoms with Gasteiger partial charge in [0.25, 0.3) is 5.91 Å². The van der Waals surface area contributed by atoms with Crippen LogP contribution >= 0.6 is 15.9 Å². The van der Waals surface area contributed by atoms with Crippen LogP contribution in [0.3, 0.4) is 0 Å². The molecule has 0 saturated carbocycles. The third kappa shape index (κ3) is 2.55. The van der Waals surface area contributed by atoms with Crippen molar-refractivity contribution in [3.63, 3.8) is 0 Å². The van der Waals surface area contributed by atoms with Crippen molar-refractivity contribution in [2.45, 2.75) is 19.1 Å². The smallest absolute Gasteiger partial charge is 0.276 e. The van der Waals surface area contributed by atoms with Gasteiger partial charge in [-0.15, -0.1) is 0 Å². The highest BCUT2D eigenvalue weighted by atomic mass is 79.9. The molecule has 5 nitrogen and oxygen atoms in total. The molecule has 1 N–H and O–H groups in total. The third-order valence-electron chi connectivity index (χ3n) is 3.51. The van der Waals surface area contributed by atoms with Gasteiger partial charge < -0.3 is 5.11 Å². The number of amides is 1. The highest BCUT2D eigenvalue weighted by molar-refractivity contribution is 9.10. The first-order valence-electron chi connectivity index (χ1n) is 6.78. The van der Waals surface area contributed by atoms with Gasteiger partial charge in [0.2, 0.25) is 0 Å². The molecule has 3 rings (SSSR count). The second-order valence-corrected chi connectivity index (χ2v) is 6.11. The first-order valence-corrected chi connectivity index (χ1v) is 7.57. The Bertz CT molecular complexity index is 748. The predicted molar refractivity (Wildman–Crippen MR) is 86.2 cm³/mol. The van der Waals surface area contributed by atoms with E-state index in [9.17, 15) is 9.90 Å². The average Bonchev–Trinajstić information content (AvgIpc) is 2.83. The molecule has 0 saturated heterocycles. The Morgan fingerprint density at radius 2 is 2.18 bits per heavy atom. The highest BCUT2D eigenvalue weighted by Gasteiger charge is 2.45. The maximum atomic E-state index is 12.8. The predicted octanol–water partition coefficient (Wildman–Crippen LogP) is 2.91. The first-order chi connectivity index (χ1) is 10.5. The minimum atomic E-state index is -1.50. The van der Waals surface area contributed by atoms with Crippen LogP contribution in [0.4, 0.5) is 0 Å². The third-order valence-corrected chi connectivity index (χ3v) is 4.00. The molecule has 0 fully saturated rings. The topological polar surface area (TPSA) is 65.8 Å². The van der Waals surface area contributed by atoms with E-state index >= 15 is 0 Å². The van der Waals surface area contributed by atoms with E-state index in [-0.39, 0.29) is 12.3 Å². The zero-order chi connectivity index (χ0) is 15.7. The fourth-order valence-corrected chi connectivity index (χ4v) is 2.90. The molecule has 0 aliphatic carbocycles. The van der Waals surface area contributed by atoms with Crippen molar-refractivity contribution >= 4 is 27.5 Å². The molecular formula is C16H14BrN3O2. The van der Waals surface area contributed by atoms with Gasteiger partial charge in [0.05, 0.1) is 0 Å². The number of benzene rings is 1. The monoisotopic (exact) mass is 359 g/mol. The van der Waals surface area contributed by atoms with E-state index < -0.39 is 5.72 Å². The number of halogens is 1. The van der Waals surface area contributed by atoms with E-state index in [0.717, 1.165) is 9.48 Å². The summed E-state index contributed by atoms with van der Waals surface area (Å²) >= 11 is 3.35. The van der Waals surface area contributed by atoms with Crippen LogP contribution < -0.4 is 0 Å². The summed E-state index contributed by atoms with van der Waals surface area (Å²) in [5.41, 5.74) is 0.182. The molecule has 2 heterocycles. The fraction of sp³-hybridized carbons (Fsp3) is 0.188. The van der Waals surface area contributed by atoms with Crippen molar-refractivity contribution in [2.24, 2.45) is 5.10 Å². The molecule has 1 aliphatic heterocycles. The lowest BCUT2D eigenvalue weighted by atomic mass is 9.99. The lowest BCUT2D eigenvalue weighted by Gasteiger charge is -2.31. The van der Waals surface area contributed by atoms with E-state index in [0.29, 0.717) is 16.8 Å². The minimum absolute atomic E-state index is 0.262. The lowest BCUT2D eigenvalue weighted by molar-refractivity contribution is -0.0767. The summed E-state index contributed by atoms with van der Waals surface area (Å²) in [5.74, 6) is -0.357. The maximum absolute atomic E-state index is 12.8. The molecule has 1 atom stereocenters. The second kappa shape index (κ2) is 5.62. The Balaban J connectivity index is 2.02. The van der Waals surface area contributed by atoms with E-state index in [2.05, 4.69) is 26.0 Å². The zero-order valence-corrected chi connectivity index (χ0v) is 13.5. The number of carbonyl (C=O) groups excluding carboxylic acids is 1. The normalized spacial score (nSPS) is 20.9. The number of aromatic nitrogens is 1. The minimum Gasteiger partial charge on any atom is -0.365 e. The average molecular weight is 360 g/mol. The number of hydrogen-bond donors (Lipinski definition) is 1. The molecule has 0 radical (unpaired) electrons. The first kappa shape index (κ1) is 14.9. The van der Waals surface area contributed by atoms with Crippen LogP contribution in [-0.4, -0.2) is 26.7 Å². The van der Waals surface area contributed by atoms with Crippen molar-refractivity contribution in [3.05, 3.63) is 64.4 Å². The van der Waals surface area contributed by atoms with E-state index in [1.807, 2.05) is 6.07 Å². The van der Waals surface area contributed by atoms with Gasteiger partial charge in [0, 0.05) is 40.1 Å². The van der Waals surface area contributed by atoms with Crippen molar-refractivity contribution < 1.29 is 9.90 Å². The van der Waals surface area contributed by atoms with Crippen LogP contribution in [0.1, 0.15) is 29.3 Å². The quantitative estimate of drug-likeness (QED) is 0.896. The summed E-state index contributed by atoms with van der Waals surface area (Å²) in [6.45, 7) is 1.79. The summed E-state index contributed by atoms with van der Waals surface area (Å²) in [7, 11) is 0. The number of aliphatic hydroxyl groups is 1. The summed E-state index contributed by atoms with van der Waals surface area (Å²) in [4.78, 5) is 16.8. The Hall–Kier alpha value is -2.05. The highest BCUT2D eigenvalue weighted by Crippen LogP contribution is 2.36. The molecule has 0 unspecified atom stereocenters. The maximum Gasteiger partial charge on any atom is 0.276 e. The number of nitrogens with zero attached hydrogens (tertiary/aromatic N) is 3. The SMILES string of the molecule is CC1=NN(C(=O)c2cccc(Br)c2)[C@](O)(c2cccnc2)C1. The van der Waals surface area contributed by atoms with E-state index in [1.54, 1.807) is 49.6 Å². The number of carbonyl (C=O) groups is 1. The Morgan fingerprint density at radius 1 is 1.36 bits per heavy atom. The molecule has 1 amide bonds. The molecular weight excluding hydrogens is 346 g/mol. The van der Waals surface area contributed by atoms with Crippen molar-refractivity contribution in [1.82, 2.24) is 9.99 Å². The molecule has 22 heavy (non-hydrogen) atoms. The van der Waals surface area contributed by atoms with Gasteiger partial charge in [0.1, 0.15) is 0 Å². The van der Waals surface area contributed by atoms with Crippen molar-refractivity contribution in [2.75, 3.05) is 0 Å². The van der Waals surface area contributed by atoms with Crippen molar-refractivity contribution in [1.29, 1.82) is 0 Å². The van der Waals surface area contributed by atoms with Gasteiger partial charge >= 0.3 is 0 Å². The number of rotatable bonds is 2. The summed E-state index contributed by atoms with van der Waals surface area (Å²) in [6, 6.07) is 10.5. The van der Waals surface area contributed by atoms with Gasteiger partial charge in [-0.3, -0.25) is 9.78 Å². The molecule has 0 bridgehead atoms. The molecule has 0 spiro atoms. The Morgan fingerprint density at radius 3 is 2.86 bits per heavy atom. The van der Waals surface area contributed by atoms with Crippen LogP contribution in [0.25, 0.3) is 0 Å². The van der Waals surface area contributed by atoms with Crippen molar-refractivity contribution in [3.8, 4) is 0 Å². The van der Waals surface area contributed by atoms with E-state index in [4.69, 9.17) is 0 Å². The molecule has 1 aromatic heterocycles. The molecule has 112 valence electrons. The number of hydrogen-bond acceptors (Lipinski definition) is 4. The fourth-order valence-electron chi connectivity index (χ4n) is 2.50. The van der Waals surface area contributed by atoms with Crippen LogP contribution in [0.15, 0.2) is 58.4 Å². The van der Waals surface area contributed by atoms with Gasteiger partial charge in [-0.2, -0.15) is 10.1 Å². The van der Waals surface area contributed by atoms with Gasteiger partial charge in [-0.25, -0.2) is 0 Å². The summed E-state index contributed by atoms with van der Waals surface area (Å²) in [5, 5.41) is 16.4. The van der Waals surface area contributed by atoms with E-state index in [1.165, 1.54) is 0 Å². The summed E-state index contributed by atoms with van der Waals surface area (Å²) < 4.78 is 0.795. The number of hydrazone groups is 1. The molecule has 6 heteroatoms. The van der Waals surface area contributed by atoms with Crippen LogP contribution in [0.5, 0.6) is 0 Å². The number of pyridine rings is 1. The molecule has 1 aliphatic rings. The van der Waals surface area contributed by atoms with Gasteiger partial charge in [-0.05, 0) is 31.2 Å². The van der Waals surface area contributed by atoms with Crippen LogP contribution in [0, 0.1) is 0 Å². The Labute approximate surface area is 136 Å². The summed E-state index contributed by atoms with van der Waals surface area (Å²) in [6.07, 6.45) is 3.43. The molecule has 1 aromatic carbocycles. The lowest BCUT2D eigenvalue weighted by Crippen LogP contribution is -2.43. The Kier molecular flexibility index (Phi) is 3.80. The molecule has 2 aromatic rings. The van der Waals surface area contributed by atoms with Crippen LogP contribution in [-0.2, 0) is 5.72 Å². The zero-order valence-electron chi connectivity index (χ0n) is 11.9. The van der Waals surface area contributed by atoms with Gasteiger partial charge in [0.15, 0.2) is 5.72 Å². The van der Waals surface area contributed by atoms with Crippen LogP contribution in [0.2, 0.25) is 0 Å². The standard InChI is InChI=1S/C16H14BrN3O2/c1-11-9-16(22,13-5-3-7-18-10-13)20(19-11)15(21)12-4-2-6-14(17)8-12/h2-8,10,22H,9H2,1H3/t16-/m1/s1. The van der Waals surface area contributed by atoms with Gasteiger partial charge in [-0.1, -0.05) is 28.1 Å².